The molecule has 1 atom stereocenters. The van der Waals surface area contributed by atoms with Crippen molar-refractivity contribution in [1.29, 1.82) is 0 Å². The van der Waals surface area contributed by atoms with Crippen molar-refractivity contribution in [2.24, 2.45) is 11.1 Å². The lowest BCUT2D eigenvalue weighted by Gasteiger charge is -2.33. The largest absolute Gasteiger partial charge is 0.505 e. The smallest absolute Gasteiger partial charge is 0.237 e. The van der Waals surface area contributed by atoms with Crippen molar-refractivity contribution in [3.63, 3.8) is 0 Å². The number of amides is 1. The highest BCUT2D eigenvalue weighted by Gasteiger charge is 2.30. The Morgan fingerprint density at radius 2 is 1.63 bits per heavy atom. The van der Waals surface area contributed by atoms with Crippen molar-refractivity contribution in [1.82, 2.24) is 10.3 Å². The summed E-state index contributed by atoms with van der Waals surface area (Å²) >= 11 is 12.3. The fraction of sp³-hybridized carbons (Fsp3) is 0.414. The number of rotatable bonds is 6. The van der Waals surface area contributed by atoms with Crippen molar-refractivity contribution in [3.8, 4) is 16.9 Å². The summed E-state index contributed by atoms with van der Waals surface area (Å²) in [6, 6.07) is 8.69. The van der Waals surface area contributed by atoms with Crippen molar-refractivity contribution in [2.75, 3.05) is 5.32 Å². The highest BCUT2D eigenvalue weighted by molar-refractivity contribution is 6.37. The molecule has 1 heterocycles. The van der Waals surface area contributed by atoms with Gasteiger partial charge in [0.05, 0.1) is 32.9 Å². The third-order valence-corrected chi connectivity index (χ3v) is 7.81. The zero-order chi connectivity index (χ0) is 27.8. The molecule has 0 radical (unpaired) electrons. The molecule has 1 aromatic heterocycles. The van der Waals surface area contributed by atoms with Gasteiger partial charge in [0.1, 0.15) is 0 Å². The Labute approximate surface area is 233 Å². The van der Waals surface area contributed by atoms with Crippen LogP contribution in [0.1, 0.15) is 63.7 Å². The molecule has 2 aromatic carbocycles. The van der Waals surface area contributed by atoms with E-state index >= 15 is 0 Å². The maximum Gasteiger partial charge on any atom is 0.237 e. The number of fused-ring (bicyclic) bond motifs is 1. The SMILES string of the molecule is CC(=O)c1cnc2ccc(-c3cc(Cl)c(O)c(Cl)c3)cc2c1N[C@H]1CC[C@H](NC(=O)[C@@H](N)C(C)(C)C)CC1. The Morgan fingerprint density at radius 3 is 2.21 bits per heavy atom. The van der Waals surface area contributed by atoms with Crippen LogP contribution in [0.5, 0.6) is 5.75 Å². The first-order valence-electron chi connectivity index (χ1n) is 12.8. The van der Waals surface area contributed by atoms with E-state index in [9.17, 15) is 14.7 Å². The Kier molecular flexibility index (Phi) is 8.21. The number of carbonyl (C=O) groups is 2. The number of nitrogens with one attached hydrogen (secondary N) is 2. The summed E-state index contributed by atoms with van der Waals surface area (Å²) in [5.74, 6) is -0.358. The van der Waals surface area contributed by atoms with Gasteiger partial charge in [-0.15, -0.1) is 0 Å². The third kappa shape index (κ3) is 6.06. The second kappa shape index (κ2) is 11.1. The van der Waals surface area contributed by atoms with Gasteiger partial charge in [-0.25, -0.2) is 0 Å². The van der Waals surface area contributed by atoms with E-state index in [0.29, 0.717) is 5.56 Å². The molecule has 38 heavy (non-hydrogen) atoms. The van der Waals surface area contributed by atoms with Gasteiger partial charge in [-0.05, 0) is 73.4 Å². The number of pyridine rings is 1. The predicted octanol–water partition coefficient (Wildman–Crippen LogP) is 6.33. The topological polar surface area (TPSA) is 117 Å². The van der Waals surface area contributed by atoms with Crippen LogP contribution in [0.2, 0.25) is 10.0 Å². The molecule has 5 N–H and O–H groups in total. The number of Topliss-reactive ketones (excluding diaryl/α,β-unsaturated/α-hetero) is 1. The lowest BCUT2D eigenvalue weighted by Crippen LogP contribution is -2.52. The zero-order valence-electron chi connectivity index (χ0n) is 22.1. The Balaban J connectivity index is 1.58. The number of carbonyl (C=O) groups excluding carboxylic acids is 2. The van der Waals surface area contributed by atoms with E-state index in [1.54, 1.807) is 18.3 Å². The van der Waals surface area contributed by atoms with Crippen LogP contribution in [0.4, 0.5) is 5.69 Å². The zero-order valence-corrected chi connectivity index (χ0v) is 23.6. The van der Waals surface area contributed by atoms with E-state index in [1.807, 2.05) is 39.0 Å². The second-order valence-corrected chi connectivity index (χ2v) is 12.0. The van der Waals surface area contributed by atoms with Crippen LogP contribution in [0.25, 0.3) is 22.0 Å². The summed E-state index contributed by atoms with van der Waals surface area (Å²) in [4.78, 5) is 29.6. The molecular weight excluding hydrogens is 523 g/mol. The van der Waals surface area contributed by atoms with Gasteiger partial charge < -0.3 is 21.5 Å². The van der Waals surface area contributed by atoms with Gasteiger partial charge in [-0.3, -0.25) is 14.6 Å². The van der Waals surface area contributed by atoms with Gasteiger partial charge in [0.15, 0.2) is 11.5 Å². The average Bonchev–Trinajstić information content (AvgIpc) is 2.86. The molecule has 9 heteroatoms. The molecule has 0 saturated heterocycles. The summed E-state index contributed by atoms with van der Waals surface area (Å²) in [6.07, 6.45) is 4.91. The standard InChI is InChI=1S/C29H34Cl2N4O3/c1-15(36)21-14-33-24-10-5-16(17-12-22(30)26(37)23(31)13-17)11-20(24)25(21)34-18-6-8-19(9-7-18)35-28(38)27(32)29(2,3)4/h5,10-14,18-19,27,37H,6-9,32H2,1-4H3,(H,33,34)(H,35,38)/t18-,19-,27-/m1/s1. The molecule has 0 unspecified atom stereocenters. The number of nitrogens with zero attached hydrogens (tertiary/aromatic N) is 1. The molecule has 1 saturated carbocycles. The first-order chi connectivity index (χ1) is 17.8. The minimum absolute atomic E-state index is 0.0750. The number of hydrogen-bond donors (Lipinski definition) is 4. The number of phenolic OH excluding ortho intramolecular Hbond substituents is 1. The summed E-state index contributed by atoms with van der Waals surface area (Å²) in [7, 11) is 0. The molecule has 0 aliphatic heterocycles. The van der Waals surface area contributed by atoms with Crippen molar-refractivity contribution in [3.05, 3.63) is 52.1 Å². The fourth-order valence-electron chi connectivity index (χ4n) is 4.80. The van der Waals surface area contributed by atoms with Crippen molar-refractivity contribution >= 4 is 51.5 Å². The molecule has 1 aliphatic rings. The minimum atomic E-state index is -0.563. The molecule has 1 aliphatic carbocycles. The normalized spacial score (nSPS) is 18.7. The summed E-state index contributed by atoms with van der Waals surface area (Å²) < 4.78 is 0. The van der Waals surface area contributed by atoms with Crippen LogP contribution in [0, 0.1) is 5.41 Å². The Hall–Kier alpha value is -2.87. The third-order valence-electron chi connectivity index (χ3n) is 7.23. The van der Waals surface area contributed by atoms with Gasteiger partial charge >= 0.3 is 0 Å². The number of aromatic hydroxyl groups is 1. The number of benzene rings is 2. The predicted molar refractivity (Wildman–Crippen MR) is 154 cm³/mol. The highest BCUT2D eigenvalue weighted by Crippen LogP contribution is 2.38. The molecule has 202 valence electrons. The number of hydrogen-bond acceptors (Lipinski definition) is 6. The Bertz CT molecular complexity index is 1360. The van der Waals surface area contributed by atoms with Crippen LogP contribution in [0.3, 0.4) is 0 Å². The first-order valence-corrected chi connectivity index (χ1v) is 13.5. The van der Waals surface area contributed by atoms with E-state index in [-0.39, 0.29) is 45.0 Å². The summed E-state index contributed by atoms with van der Waals surface area (Å²) in [6.45, 7) is 7.40. The quantitative estimate of drug-likeness (QED) is 0.263. The second-order valence-electron chi connectivity index (χ2n) is 11.2. The minimum Gasteiger partial charge on any atom is -0.505 e. The van der Waals surface area contributed by atoms with Crippen LogP contribution < -0.4 is 16.4 Å². The van der Waals surface area contributed by atoms with Crippen LogP contribution in [-0.2, 0) is 4.79 Å². The van der Waals surface area contributed by atoms with Gasteiger partial charge in [0.25, 0.3) is 0 Å². The molecule has 3 aromatic rings. The Morgan fingerprint density at radius 1 is 1.03 bits per heavy atom. The highest BCUT2D eigenvalue weighted by atomic mass is 35.5. The lowest BCUT2D eigenvalue weighted by molar-refractivity contribution is -0.125. The number of phenols is 1. The molecule has 7 nitrogen and oxygen atoms in total. The van der Waals surface area contributed by atoms with Crippen LogP contribution >= 0.6 is 23.2 Å². The maximum atomic E-state index is 12.6. The maximum absolute atomic E-state index is 12.6. The molecule has 1 amide bonds. The lowest BCUT2D eigenvalue weighted by atomic mass is 9.85. The van der Waals surface area contributed by atoms with Gasteiger partial charge in [0, 0.05) is 23.7 Å². The number of nitrogens with two attached hydrogens (primary N) is 1. The number of aromatic nitrogens is 1. The van der Waals surface area contributed by atoms with E-state index in [4.69, 9.17) is 28.9 Å². The summed E-state index contributed by atoms with van der Waals surface area (Å²) in [5.41, 5.74) is 9.39. The monoisotopic (exact) mass is 556 g/mol. The van der Waals surface area contributed by atoms with E-state index < -0.39 is 6.04 Å². The van der Waals surface area contributed by atoms with Crippen molar-refractivity contribution in [2.45, 2.75) is 71.5 Å². The van der Waals surface area contributed by atoms with Gasteiger partial charge in [0.2, 0.25) is 5.91 Å². The van der Waals surface area contributed by atoms with E-state index in [0.717, 1.165) is 53.4 Å². The van der Waals surface area contributed by atoms with E-state index in [2.05, 4.69) is 15.6 Å². The van der Waals surface area contributed by atoms with E-state index in [1.165, 1.54) is 6.92 Å². The van der Waals surface area contributed by atoms with Gasteiger partial charge in [-0.2, -0.15) is 0 Å². The number of halogens is 2. The molecule has 0 bridgehead atoms. The summed E-state index contributed by atoms with van der Waals surface area (Å²) in [5, 5.41) is 17.8. The molecule has 0 spiro atoms. The number of anilines is 1. The molecular formula is C29H34Cl2N4O3. The van der Waals surface area contributed by atoms with Crippen LogP contribution in [0.15, 0.2) is 36.5 Å². The number of ketones is 1. The average molecular weight is 558 g/mol. The first kappa shape index (κ1) is 28.1. The fourth-order valence-corrected chi connectivity index (χ4v) is 5.28. The van der Waals surface area contributed by atoms with Crippen LogP contribution in [-0.4, -0.2) is 39.9 Å². The van der Waals surface area contributed by atoms with Crippen molar-refractivity contribution < 1.29 is 14.7 Å². The van der Waals surface area contributed by atoms with Gasteiger partial charge in [-0.1, -0.05) is 50.0 Å². The molecule has 1 fully saturated rings. The molecule has 4 rings (SSSR count).